The van der Waals surface area contributed by atoms with E-state index in [1.807, 2.05) is 18.9 Å². The fourth-order valence-corrected chi connectivity index (χ4v) is 1.13. The van der Waals surface area contributed by atoms with Crippen molar-refractivity contribution in [3.05, 3.63) is 0 Å². The van der Waals surface area contributed by atoms with Gasteiger partial charge >= 0.3 is 6.03 Å². The fraction of sp³-hybridized carbons (Fsp3) is 0.800. The van der Waals surface area contributed by atoms with Crippen molar-refractivity contribution in [1.82, 2.24) is 15.5 Å². The number of carbonyl (C=O) groups is 2. The molecular formula is C10H22N4O2. The number of urea groups is 1. The third-order valence-corrected chi connectivity index (χ3v) is 1.95. The van der Waals surface area contributed by atoms with Crippen LogP contribution < -0.4 is 16.4 Å². The molecule has 0 rings (SSSR count). The van der Waals surface area contributed by atoms with Gasteiger partial charge < -0.3 is 11.1 Å². The largest absolute Gasteiger partial charge is 0.338 e. The zero-order chi connectivity index (χ0) is 12.4. The number of amides is 3. The van der Waals surface area contributed by atoms with E-state index in [2.05, 4.69) is 10.6 Å². The van der Waals surface area contributed by atoms with Gasteiger partial charge in [-0.1, -0.05) is 6.92 Å². The number of hydrogen-bond acceptors (Lipinski definition) is 4. The van der Waals surface area contributed by atoms with Gasteiger partial charge in [0.1, 0.15) is 0 Å². The molecule has 0 saturated carbocycles. The van der Waals surface area contributed by atoms with Crippen LogP contribution in [0.25, 0.3) is 0 Å². The third kappa shape index (κ3) is 8.19. The van der Waals surface area contributed by atoms with Gasteiger partial charge in [-0.3, -0.25) is 15.0 Å². The molecule has 0 aromatic heterocycles. The van der Waals surface area contributed by atoms with Crippen LogP contribution in [0.2, 0.25) is 0 Å². The Bertz CT molecular complexity index is 221. The Hall–Kier alpha value is -1.14. The maximum absolute atomic E-state index is 11.3. The SMILES string of the molecule is CCCNC(=O)NC(=O)CN(C)CCCN. The second kappa shape index (κ2) is 9.11. The predicted octanol–water partition coefficient (Wildman–Crippen LogP) is -0.497. The van der Waals surface area contributed by atoms with Gasteiger partial charge in [0.05, 0.1) is 6.54 Å². The number of likely N-dealkylation sites (N-methyl/N-ethyl adjacent to an activating group) is 1. The Labute approximate surface area is 96.5 Å². The average molecular weight is 230 g/mol. The maximum Gasteiger partial charge on any atom is 0.321 e. The van der Waals surface area contributed by atoms with Crippen molar-refractivity contribution in [3.63, 3.8) is 0 Å². The Morgan fingerprint density at radius 2 is 2.06 bits per heavy atom. The van der Waals surface area contributed by atoms with E-state index in [9.17, 15) is 9.59 Å². The van der Waals surface area contributed by atoms with Gasteiger partial charge in [-0.05, 0) is 33.0 Å². The third-order valence-electron chi connectivity index (χ3n) is 1.95. The monoisotopic (exact) mass is 230 g/mol. The zero-order valence-corrected chi connectivity index (χ0v) is 10.1. The minimum absolute atomic E-state index is 0.208. The molecule has 94 valence electrons. The molecule has 0 heterocycles. The van der Waals surface area contributed by atoms with Crippen LogP contribution in [0.4, 0.5) is 4.79 Å². The molecule has 0 atom stereocenters. The van der Waals surface area contributed by atoms with Crippen LogP contribution in [0.15, 0.2) is 0 Å². The van der Waals surface area contributed by atoms with Crippen LogP contribution in [0.1, 0.15) is 19.8 Å². The van der Waals surface area contributed by atoms with Crippen molar-refractivity contribution in [3.8, 4) is 0 Å². The van der Waals surface area contributed by atoms with Crippen molar-refractivity contribution >= 4 is 11.9 Å². The summed E-state index contributed by atoms with van der Waals surface area (Å²) in [6.07, 6.45) is 1.68. The normalized spacial score (nSPS) is 10.2. The lowest BCUT2D eigenvalue weighted by Crippen LogP contribution is -2.44. The molecule has 0 aliphatic rings. The summed E-state index contributed by atoms with van der Waals surface area (Å²) in [5, 5.41) is 4.83. The van der Waals surface area contributed by atoms with Gasteiger partial charge in [-0.25, -0.2) is 4.79 Å². The van der Waals surface area contributed by atoms with E-state index in [0.29, 0.717) is 13.1 Å². The average Bonchev–Trinajstić information content (AvgIpc) is 2.23. The maximum atomic E-state index is 11.3. The summed E-state index contributed by atoms with van der Waals surface area (Å²) < 4.78 is 0. The summed E-state index contributed by atoms with van der Waals surface area (Å²) in [5.74, 6) is -0.298. The summed E-state index contributed by atoms with van der Waals surface area (Å²) >= 11 is 0. The van der Waals surface area contributed by atoms with Crippen molar-refractivity contribution in [1.29, 1.82) is 0 Å². The number of nitrogens with one attached hydrogen (secondary N) is 2. The number of nitrogens with two attached hydrogens (primary N) is 1. The first-order valence-corrected chi connectivity index (χ1v) is 5.56. The molecule has 0 aliphatic heterocycles. The summed E-state index contributed by atoms with van der Waals surface area (Å²) in [7, 11) is 1.82. The first kappa shape index (κ1) is 14.9. The highest BCUT2D eigenvalue weighted by molar-refractivity contribution is 5.95. The van der Waals surface area contributed by atoms with E-state index < -0.39 is 6.03 Å². The van der Waals surface area contributed by atoms with E-state index in [1.165, 1.54) is 0 Å². The molecule has 0 fully saturated rings. The second-order valence-corrected chi connectivity index (χ2v) is 3.68. The van der Waals surface area contributed by atoms with E-state index in [1.54, 1.807) is 0 Å². The molecule has 0 aromatic carbocycles. The molecule has 0 aliphatic carbocycles. The number of hydrogen-bond donors (Lipinski definition) is 3. The Morgan fingerprint density at radius 3 is 2.62 bits per heavy atom. The number of carbonyl (C=O) groups excluding carboxylic acids is 2. The number of imide groups is 1. The van der Waals surface area contributed by atoms with Gasteiger partial charge in [-0.15, -0.1) is 0 Å². The lowest BCUT2D eigenvalue weighted by Gasteiger charge is -2.15. The summed E-state index contributed by atoms with van der Waals surface area (Å²) in [6, 6.07) is -0.431. The Balaban J connectivity index is 3.67. The van der Waals surface area contributed by atoms with E-state index in [4.69, 9.17) is 5.73 Å². The lowest BCUT2D eigenvalue weighted by atomic mass is 10.4. The molecule has 3 amide bonds. The molecule has 16 heavy (non-hydrogen) atoms. The van der Waals surface area contributed by atoms with Gasteiger partial charge in [0.15, 0.2) is 0 Å². The molecule has 0 aromatic rings. The second-order valence-electron chi connectivity index (χ2n) is 3.68. The first-order chi connectivity index (χ1) is 7.60. The zero-order valence-electron chi connectivity index (χ0n) is 10.1. The first-order valence-electron chi connectivity index (χ1n) is 5.56. The number of rotatable bonds is 7. The Kier molecular flexibility index (Phi) is 8.46. The summed E-state index contributed by atoms with van der Waals surface area (Å²) in [5.41, 5.74) is 5.35. The van der Waals surface area contributed by atoms with Gasteiger partial charge in [0, 0.05) is 6.54 Å². The molecule has 0 saturated heterocycles. The molecule has 6 nitrogen and oxygen atoms in total. The standard InChI is InChI=1S/C10H22N4O2/c1-3-6-12-10(16)13-9(15)8-14(2)7-4-5-11/h3-8,11H2,1-2H3,(H2,12,13,15,16). The van der Waals surface area contributed by atoms with Gasteiger partial charge in [0.2, 0.25) is 5.91 Å². The molecule has 0 spiro atoms. The van der Waals surface area contributed by atoms with E-state index >= 15 is 0 Å². The molecule has 0 bridgehead atoms. The minimum Gasteiger partial charge on any atom is -0.338 e. The van der Waals surface area contributed by atoms with Gasteiger partial charge in [-0.2, -0.15) is 0 Å². The predicted molar refractivity (Wildman–Crippen MR) is 63.0 cm³/mol. The summed E-state index contributed by atoms with van der Waals surface area (Å²) in [4.78, 5) is 24.3. The molecule has 0 unspecified atom stereocenters. The summed E-state index contributed by atoms with van der Waals surface area (Å²) in [6.45, 7) is 4.08. The van der Waals surface area contributed by atoms with E-state index in [-0.39, 0.29) is 12.5 Å². The molecule has 4 N–H and O–H groups in total. The lowest BCUT2D eigenvalue weighted by molar-refractivity contribution is -0.120. The van der Waals surface area contributed by atoms with Crippen molar-refractivity contribution < 1.29 is 9.59 Å². The minimum atomic E-state index is -0.431. The van der Waals surface area contributed by atoms with Crippen molar-refractivity contribution in [2.24, 2.45) is 5.73 Å². The molecule has 6 heteroatoms. The topological polar surface area (TPSA) is 87.5 Å². The quantitative estimate of drug-likeness (QED) is 0.550. The molecule has 0 radical (unpaired) electrons. The fourth-order valence-electron chi connectivity index (χ4n) is 1.13. The highest BCUT2D eigenvalue weighted by atomic mass is 16.2. The van der Waals surface area contributed by atoms with Crippen LogP contribution in [-0.4, -0.2) is 50.1 Å². The van der Waals surface area contributed by atoms with Gasteiger partial charge in [0.25, 0.3) is 0 Å². The smallest absolute Gasteiger partial charge is 0.321 e. The van der Waals surface area contributed by atoms with Crippen LogP contribution >= 0.6 is 0 Å². The number of nitrogens with zero attached hydrogens (tertiary/aromatic N) is 1. The van der Waals surface area contributed by atoms with Crippen LogP contribution in [0.3, 0.4) is 0 Å². The molecular weight excluding hydrogens is 208 g/mol. The van der Waals surface area contributed by atoms with E-state index in [0.717, 1.165) is 19.4 Å². The highest BCUT2D eigenvalue weighted by Gasteiger charge is 2.09. The van der Waals surface area contributed by atoms with Crippen molar-refractivity contribution in [2.45, 2.75) is 19.8 Å². The van der Waals surface area contributed by atoms with Crippen molar-refractivity contribution in [2.75, 3.05) is 33.2 Å². The highest BCUT2D eigenvalue weighted by Crippen LogP contribution is 1.85. The van der Waals surface area contributed by atoms with Crippen LogP contribution in [-0.2, 0) is 4.79 Å². The van der Waals surface area contributed by atoms with Crippen LogP contribution in [0, 0.1) is 0 Å². The Morgan fingerprint density at radius 1 is 1.38 bits per heavy atom. The van der Waals surface area contributed by atoms with Crippen LogP contribution in [0.5, 0.6) is 0 Å².